The highest BCUT2D eigenvalue weighted by Gasteiger charge is 2.28. The SMILES string of the molecule is CC(C)CC(N)C(=O)NC(CC(C)C)C(=O)NC(C)C(=O)NC(C)C(=O)O. The number of nitrogens with one attached hydrogen (secondary N) is 3. The van der Waals surface area contributed by atoms with Gasteiger partial charge in [-0.2, -0.15) is 0 Å². The van der Waals surface area contributed by atoms with Gasteiger partial charge in [0.05, 0.1) is 6.04 Å². The number of carboxylic acids is 1. The van der Waals surface area contributed by atoms with E-state index in [9.17, 15) is 19.2 Å². The first-order valence-corrected chi connectivity index (χ1v) is 9.24. The van der Waals surface area contributed by atoms with Crippen molar-refractivity contribution in [3.63, 3.8) is 0 Å². The number of hydrogen-bond donors (Lipinski definition) is 5. The van der Waals surface area contributed by atoms with Crippen molar-refractivity contribution in [2.75, 3.05) is 0 Å². The lowest BCUT2D eigenvalue weighted by molar-refractivity contribution is -0.141. The molecule has 0 aliphatic heterocycles. The number of nitrogens with two attached hydrogens (primary N) is 1. The van der Waals surface area contributed by atoms with E-state index in [1.165, 1.54) is 13.8 Å². The van der Waals surface area contributed by atoms with Crippen molar-refractivity contribution in [3.05, 3.63) is 0 Å². The van der Waals surface area contributed by atoms with Gasteiger partial charge in [0, 0.05) is 0 Å². The van der Waals surface area contributed by atoms with Gasteiger partial charge in [0.1, 0.15) is 18.1 Å². The van der Waals surface area contributed by atoms with Crippen molar-refractivity contribution < 1.29 is 24.3 Å². The molecular weight excluding hydrogens is 352 g/mol. The molecule has 156 valence electrons. The summed E-state index contributed by atoms with van der Waals surface area (Å²) in [6.07, 6.45) is 0.875. The molecule has 0 saturated heterocycles. The highest BCUT2D eigenvalue weighted by atomic mass is 16.4. The number of hydrogen-bond acceptors (Lipinski definition) is 5. The molecule has 0 aliphatic rings. The van der Waals surface area contributed by atoms with Crippen LogP contribution in [0.4, 0.5) is 0 Å². The molecule has 0 saturated carbocycles. The number of rotatable bonds is 11. The standard InChI is InChI=1S/C18H34N4O5/c1-9(2)7-13(19)16(24)22-14(8-10(3)4)17(25)20-11(5)15(23)21-12(6)18(26)27/h9-14H,7-8,19H2,1-6H3,(H,20,25)(H,21,23)(H,22,24)(H,26,27). The lowest BCUT2D eigenvalue weighted by Gasteiger charge is -2.24. The first kappa shape index (κ1) is 24.8. The third-order valence-electron chi connectivity index (χ3n) is 3.88. The minimum Gasteiger partial charge on any atom is -0.480 e. The summed E-state index contributed by atoms with van der Waals surface area (Å²) in [7, 11) is 0. The molecule has 0 aromatic carbocycles. The summed E-state index contributed by atoms with van der Waals surface area (Å²) in [5.74, 6) is -2.36. The fraction of sp³-hybridized carbons (Fsp3) is 0.778. The Kier molecular flexibility index (Phi) is 10.6. The van der Waals surface area contributed by atoms with Crippen molar-refractivity contribution in [3.8, 4) is 0 Å². The maximum atomic E-state index is 12.5. The zero-order chi connectivity index (χ0) is 21.3. The van der Waals surface area contributed by atoms with Crippen LogP contribution in [0.2, 0.25) is 0 Å². The van der Waals surface area contributed by atoms with Crippen LogP contribution in [0.15, 0.2) is 0 Å². The van der Waals surface area contributed by atoms with Crippen molar-refractivity contribution in [1.82, 2.24) is 16.0 Å². The van der Waals surface area contributed by atoms with Crippen LogP contribution in [-0.2, 0) is 19.2 Å². The molecule has 3 amide bonds. The van der Waals surface area contributed by atoms with Crippen LogP contribution in [-0.4, -0.2) is 53.0 Å². The lowest BCUT2D eigenvalue weighted by atomic mass is 10.0. The van der Waals surface area contributed by atoms with E-state index in [0.29, 0.717) is 12.8 Å². The number of carbonyl (C=O) groups is 4. The molecule has 9 nitrogen and oxygen atoms in total. The molecule has 0 rings (SSSR count). The molecule has 0 spiro atoms. The summed E-state index contributed by atoms with van der Waals surface area (Å²) < 4.78 is 0. The Balaban J connectivity index is 4.93. The fourth-order valence-corrected chi connectivity index (χ4v) is 2.38. The molecule has 6 N–H and O–H groups in total. The van der Waals surface area contributed by atoms with Gasteiger partial charge in [-0.1, -0.05) is 27.7 Å². The van der Waals surface area contributed by atoms with Gasteiger partial charge < -0.3 is 26.8 Å². The summed E-state index contributed by atoms with van der Waals surface area (Å²) in [4.78, 5) is 47.6. The largest absolute Gasteiger partial charge is 0.480 e. The average Bonchev–Trinajstić information content (AvgIpc) is 2.52. The topological polar surface area (TPSA) is 151 Å². The second kappa shape index (κ2) is 11.5. The normalized spacial score (nSPS) is 15.6. The van der Waals surface area contributed by atoms with Crippen molar-refractivity contribution in [2.45, 2.75) is 78.6 Å². The molecule has 0 bridgehead atoms. The molecule has 0 heterocycles. The minimum absolute atomic E-state index is 0.124. The zero-order valence-electron chi connectivity index (χ0n) is 17.0. The summed E-state index contributed by atoms with van der Waals surface area (Å²) in [6.45, 7) is 10.5. The summed E-state index contributed by atoms with van der Waals surface area (Å²) in [5.41, 5.74) is 5.87. The predicted octanol–water partition coefficient (Wildman–Crippen LogP) is -0.0153. The molecule has 0 aliphatic carbocycles. The van der Waals surface area contributed by atoms with Gasteiger partial charge >= 0.3 is 5.97 Å². The van der Waals surface area contributed by atoms with Crippen LogP contribution in [0.1, 0.15) is 54.4 Å². The highest BCUT2D eigenvalue weighted by molar-refractivity contribution is 5.93. The van der Waals surface area contributed by atoms with Crippen molar-refractivity contribution in [2.24, 2.45) is 17.6 Å². The first-order valence-electron chi connectivity index (χ1n) is 9.24. The van der Waals surface area contributed by atoms with Gasteiger partial charge in [-0.3, -0.25) is 19.2 Å². The summed E-state index contributed by atoms with van der Waals surface area (Å²) in [5, 5.41) is 16.3. The minimum atomic E-state index is -1.18. The molecule has 4 unspecified atom stereocenters. The first-order chi connectivity index (χ1) is 12.3. The van der Waals surface area contributed by atoms with Crippen molar-refractivity contribution >= 4 is 23.7 Å². The Bertz CT molecular complexity index is 536. The maximum absolute atomic E-state index is 12.5. The number of carbonyl (C=O) groups excluding carboxylic acids is 3. The number of aliphatic carboxylic acids is 1. The Morgan fingerprint density at radius 3 is 1.67 bits per heavy atom. The van der Waals surface area contributed by atoms with Gasteiger partial charge in [0.2, 0.25) is 17.7 Å². The van der Waals surface area contributed by atoms with Gasteiger partial charge in [-0.05, 0) is 38.5 Å². The van der Waals surface area contributed by atoms with E-state index < -0.39 is 47.9 Å². The van der Waals surface area contributed by atoms with E-state index in [4.69, 9.17) is 10.8 Å². The van der Waals surface area contributed by atoms with Crippen LogP contribution in [0.25, 0.3) is 0 Å². The average molecular weight is 386 g/mol. The molecule has 0 radical (unpaired) electrons. The zero-order valence-corrected chi connectivity index (χ0v) is 17.0. The molecule has 0 aromatic heterocycles. The van der Waals surface area contributed by atoms with E-state index in [-0.39, 0.29) is 11.8 Å². The Morgan fingerprint density at radius 1 is 0.741 bits per heavy atom. The monoisotopic (exact) mass is 386 g/mol. The smallest absolute Gasteiger partial charge is 0.325 e. The molecule has 9 heteroatoms. The van der Waals surface area contributed by atoms with E-state index in [1.807, 2.05) is 27.7 Å². The molecular formula is C18H34N4O5. The van der Waals surface area contributed by atoms with E-state index in [0.717, 1.165) is 0 Å². The fourth-order valence-electron chi connectivity index (χ4n) is 2.38. The number of amides is 3. The van der Waals surface area contributed by atoms with Crippen LogP contribution in [0.3, 0.4) is 0 Å². The lowest BCUT2D eigenvalue weighted by Crippen LogP contribution is -2.56. The third kappa shape index (κ3) is 9.93. The highest BCUT2D eigenvalue weighted by Crippen LogP contribution is 2.08. The maximum Gasteiger partial charge on any atom is 0.325 e. The van der Waals surface area contributed by atoms with E-state index >= 15 is 0 Å². The van der Waals surface area contributed by atoms with E-state index in [1.54, 1.807) is 0 Å². The van der Waals surface area contributed by atoms with Gasteiger partial charge in [-0.25, -0.2) is 0 Å². The van der Waals surface area contributed by atoms with Gasteiger partial charge in [-0.15, -0.1) is 0 Å². The quantitative estimate of drug-likeness (QED) is 0.337. The van der Waals surface area contributed by atoms with Crippen LogP contribution in [0.5, 0.6) is 0 Å². The van der Waals surface area contributed by atoms with Crippen LogP contribution in [0, 0.1) is 11.8 Å². The Morgan fingerprint density at radius 2 is 1.22 bits per heavy atom. The molecule has 4 atom stereocenters. The van der Waals surface area contributed by atoms with E-state index in [2.05, 4.69) is 16.0 Å². The second-order valence-electron chi connectivity index (χ2n) is 7.73. The van der Waals surface area contributed by atoms with Crippen LogP contribution < -0.4 is 21.7 Å². The number of carboxylic acid groups (broad SMARTS) is 1. The molecule has 0 aromatic rings. The van der Waals surface area contributed by atoms with Gasteiger partial charge in [0.15, 0.2) is 0 Å². The Hall–Kier alpha value is -2.16. The second-order valence-corrected chi connectivity index (χ2v) is 7.73. The third-order valence-corrected chi connectivity index (χ3v) is 3.88. The predicted molar refractivity (Wildman–Crippen MR) is 102 cm³/mol. The van der Waals surface area contributed by atoms with Gasteiger partial charge in [0.25, 0.3) is 0 Å². The van der Waals surface area contributed by atoms with Crippen molar-refractivity contribution in [1.29, 1.82) is 0 Å². The summed E-state index contributed by atoms with van der Waals surface area (Å²) in [6, 6.07) is -3.57. The summed E-state index contributed by atoms with van der Waals surface area (Å²) >= 11 is 0. The molecule has 0 fully saturated rings. The van der Waals surface area contributed by atoms with Crippen LogP contribution >= 0.6 is 0 Å². The molecule has 27 heavy (non-hydrogen) atoms. The Labute approximate surface area is 160 Å².